The maximum absolute atomic E-state index is 11.9. The van der Waals surface area contributed by atoms with Gasteiger partial charge in [-0.15, -0.1) is 0 Å². The number of aliphatic hydroxyl groups excluding tert-OH is 1. The van der Waals surface area contributed by atoms with E-state index in [-0.39, 0.29) is 0 Å². The van der Waals surface area contributed by atoms with Gasteiger partial charge in [0.15, 0.2) is 0 Å². The molecule has 0 fully saturated rings. The van der Waals surface area contributed by atoms with Crippen molar-refractivity contribution in [3.63, 3.8) is 0 Å². The summed E-state index contributed by atoms with van der Waals surface area (Å²) in [5, 5.41) is 12.7. The molecule has 2 atom stereocenters. The van der Waals surface area contributed by atoms with Gasteiger partial charge in [0.25, 0.3) is 5.91 Å². The summed E-state index contributed by atoms with van der Waals surface area (Å²) in [7, 11) is 0. The number of nitrogens with one attached hydrogen (secondary N) is 1. The number of carbonyl (C=O) groups excluding carboxylic acids is 1. The van der Waals surface area contributed by atoms with E-state index in [1.54, 1.807) is 0 Å². The second kappa shape index (κ2) is 7.57. The van der Waals surface area contributed by atoms with Crippen molar-refractivity contribution in [2.75, 3.05) is 0 Å². The highest BCUT2D eigenvalue weighted by atomic mass is 16.3. The summed E-state index contributed by atoms with van der Waals surface area (Å²) in [6.07, 6.45) is -0.755. The molecule has 1 amide bonds. The van der Waals surface area contributed by atoms with Crippen LogP contribution in [-0.4, -0.2) is 23.2 Å². The molecule has 110 valence electrons. The molecule has 2 rings (SSSR count). The molecule has 0 aliphatic carbocycles. The normalized spacial score (nSPS) is 13.4. The number of amides is 1. The molecule has 1 unspecified atom stereocenters. The molecular weight excluding hydrogens is 264 g/mol. The second-order valence-electron chi connectivity index (χ2n) is 5.00. The van der Waals surface area contributed by atoms with Crippen molar-refractivity contribution in [1.82, 2.24) is 5.32 Å². The summed E-state index contributed by atoms with van der Waals surface area (Å²) in [5.41, 5.74) is 7.89. The third-order valence-electron chi connectivity index (χ3n) is 3.30. The van der Waals surface area contributed by atoms with Crippen LogP contribution in [0.15, 0.2) is 60.7 Å². The van der Waals surface area contributed by atoms with Crippen LogP contribution in [0.3, 0.4) is 0 Å². The number of hydrogen-bond donors (Lipinski definition) is 3. The Morgan fingerprint density at radius 1 is 1.00 bits per heavy atom. The molecule has 4 nitrogen and oxygen atoms in total. The van der Waals surface area contributed by atoms with Crippen LogP contribution in [0.25, 0.3) is 0 Å². The third kappa shape index (κ3) is 4.70. The maximum Gasteiger partial charge on any atom is 0.250 e. The Kier molecular flexibility index (Phi) is 5.49. The van der Waals surface area contributed by atoms with Crippen molar-refractivity contribution >= 4 is 5.91 Å². The molecular formula is C17H20N2O2. The topological polar surface area (TPSA) is 75.3 Å². The van der Waals surface area contributed by atoms with E-state index in [4.69, 9.17) is 5.73 Å². The highest BCUT2D eigenvalue weighted by Crippen LogP contribution is 2.05. The highest BCUT2D eigenvalue weighted by molar-refractivity contribution is 5.81. The minimum atomic E-state index is -1.21. The molecule has 0 spiro atoms. The molecule has 2 aromatic rings. The number of benzene rings is 2. The average Bonchev–Trinajstić information content (AvgIpc) is 2.53. The van der Waals surface area contributed by atoms with Gasteiger partial charge in [0.1, 0.15) is 6.10 Å². The average molecular weight is 284 g/mol. The highest BCUT2D eigenvalue weighted by Gasteiger charge is 2.22. The van der Waals surface area contributed by atoms with Crippen LogP contribution < -0.4 is 11.1 Å². The molecule has 0 aliphatic heterocycles. The fourth-order valence-electron chi connectivity index (χ4n) is 2.08. The van der Waals surface area contributed by atoms with Crippen LogP contribution in [-0.2, 0) is 17.8 Å². The smallest absolute Gasteiger partial charge is 0.250 e. The summed E-state index contributed by atoms with van der Waals surface area (Å²) in [6, 6.07) is 18.5. The van der Waals surface area contributed by atoms with Gasteiger partial charge in [-0.3, -0.25) is 4.79 Å². The lowest BCUT2D eigenvalue weighted by atomic mass is 10.0. The molecule has 0 radical (unpaired) electrons. The number of aliphatic hydroxyl groups is 1. The summed E-state index contributed by atoms with van der Waals surface area (Å²) < 4.78 is 0. The van der Waals surface area contributed by atoms with E-state index in [0.717, 1.165) is 11.1 Å². The van der Waals surface area contributed by atoms with Crippen molar-refractivity contribution in [2.45, 2.75) is 25.1 Å². The predicted octanol–water partition coefficient (Wildman–Crippen LogP) is 1.23. The van der Waals surface area contributed by atoms with E-state index in [1.807, 2.05) is 60.7 Å². The van der Waals surface area contributed by atoms with Crippen molar-refractivity contribution in [3.8, 4) is 0 Å². The first-order valence-corrected chi connectivity index (χ1v) is 6.96. The first-order chi connectivity index (χ1) is 10.2. The molecule has 0 saturated carbocycles. The van der Waals surface area contributed by atoms with Crippen LogP contribution in [0.2, 0.25) is 0 Å². The number of hydrogen-bond acceptors (Lipinski definition) is 3. The Bertz CT molecular complexity index is 558. The largest absolute Gasteiger partial charge is 0.382 e. The molecule has 0 aromatic heterocycles. The van der Waals surface area contributed by atoms with Crippen molar-refractivity contribution in [3.05, 3.63) is 71.8 Å². The molecule has 0 aliphatic rings. The molecule has 0 saturated heterocycles. The zero-order chi connectivity index (χ0) is 15.1. The summed E-state index contributed by atoms with van der Waals surface area (Å²) in [4.78, 5) is 11.9. The first kappa shape index (κ1) is 15.2. The van der Waals surface area contributed by atoms with Gasteiger partial charge in [-0.25, -0.2) is 0 Å². The van der Waals surface area contributed by atoms with E-state index in [9.17, 15) is 9.90 Å². The SMILES string of the molecule is N[C@@H](Cc1ccccc1)C(O)C(=O)NCc1ccccc1. The van der Waals surface area contributed by atoms with E-state index in [0.29, 0.717) is 13.0 Å². The maximum atomic E-state index is 11.9. The van der Waals surface area contributed by atoms with Gasteiger partial charge >= 0.3 is 0 Å². The second-order valence-corrected chi connectivity index (χ2v) is 5.00. The molecule has 0 bridgehead atoms. The zero-order valence-electron chi connectivity index (χ0n) is 11.8. The van der Waals surface area contributed by atoms with E-state index in [2.05, 4.69) is 5.32 Å². The van der Waals surface area contributed by atoms with Crippen LogP contribution in [0.5, 0.6) is 0 Å². The molecule has 21 heavy (non-hydrogen) atoms. The van der Waals surface area contributed by atoms with Gasteiger partial charge in [0, 0.05) is 12.6 Å². The van der Waals surface area contributed by atoms with Crippen LogP contribution in [0, 0.1) is 0 Å². The summed E-state index contributed by atoms with van der Waals surface area (Å²) in [5.74, 6) is -0.442. The zero-order valence-corrected chi connectivity index (χ0v) is 11.8. The standard InChI is InChI=1S/C17H20N2O2/c18-15(11-13-7-3-1-4-8-13)16(20)17(21)19-12-14-9-5-2-6-10-14/h1-10,15-16,20H,11-12,18H2,(H,19,21)/t15-,16?/m0/s1. The molecule has 2 aromatic carbocycles. The lowest BCUT2D eigenvalue weighted by Crippen LogP contribution is -2.47. The minimum Gasteiger partial charge on any atom is -0.382 e. The van der Waals surface area contributed by atoms with Crippen LogP contribution in [0.4, 0.5) is 0 Å². The van der Waals surface area contributed by atoms with Crippen molar-refractivity contribution in [1.29, 1.82) is 0 Å². The fraction of sp³-hybridized carbons (Fsp3) is 0.235. The van der Waals surface area contributed by atoms with Crippen molar-refractivity contribution in [2.24, 2.45) is 5.73 Å². The Morgan fingerprint density at radius 3 is 2.10 bits per heavy atom. The molecule has 0 heterocycles. The van der Waals surface area contributed by atoms with Gasteiger partial charge < -0.3 is 16.2 Å². The van der Waals surface area contributed by atoms with Crippen molar-refractivity contribution < 1.29 is 9.90 Å². The Hall–Kier alpha value is -2.17. The Balaban J connectivity index is 1.84. The summed E-state index contributed by atoms with van der Waals surface area (Å²) in [6.45, 7) is 0.384. The predicted molar refractivity (Wildman–Crippen MR) is 82.4 cm³/mol. The van der Waals surface area contributed by atoms with E-state index in [1.165, 1.54) is 0 Å². The van der Waals surface area contributed by atoms with Gasteiger partial charge in [-0.1, -0.05) is 60.7 Å². The Labute approximate surface area is 124 Å². The van der Waals surface area contributed by atoms with Gasteiger partial charge in [0.05, 0.1) is 0 Å². The number of rotatable bonds is 6. The third-order valence-corrected chi connectivity index (χ3v) is 3.30. The lowest BCUT2D eigenvalue weighted by molar-refractivity contribution is -0.130. The molecule has 4 heteroatoms. The Morgan fingerprint density at radius 2 is 1.52 bits per heavy atom. The molecule has 4 N–H and O–H groups in total. The number of carbonyl (C=O) groups is 1. The van der Waals surface area contributed by atoms with Gasteiger partial charge in [-0.2, -0.15) is 0 Å². The van der Waals surface area contributed by atoms with Crippen LogP contribution >= 0.6 is 0 Å². The van der Waals surface area contributed by atoms with Gasteiger partial charge in [0.2, 0.25) is 0 Å². The monoisotopic (exact) mass is 284 g/mol. The van der Waals surface area contributed by atoms with Crippen LogP contribution in [0.1, 0.15) is 11.1 Å². The minimum absolute atomic E-state index is 0.384. The van der Waals surface area contributed by atoms with E-state index >= 15 is 0 Å². The lowest BCUT2D eigenvalue weighted by Gasteiger charge is -2.18. The first-order valence-electron chi connectivity index (χ1n) is 6.96. The number of nitrogens with two attached hydrogens (primary N) is 1. The fourth-order valence-corrected chi connectivity index (χ4v) is 2.08. The quantitative estimate of drug-likeness (QED) is 0.747. The van der Waals surface area contributed by atoms with Gasteiger partial charge in [-0.05, 0) is 17.5 Å². The van der Waals surface area contributed by atoms with E-state index < -0.39 is 18.1 Å². The summed E-state index contributed by atoms with van der Waals surface area (Å²) >= 11 is 0.